The van der Waals surface area contributed by atoms with Gasteiger partial charge in [0.1, 0.15) is 0 Å². The molecule has 16 heavy (non-hydrogen) atoms. The fraction of sp³-hybridized carbons (Fsp3) is 0.286. The molecular weight excluding hydrogens is 198 g/mol. The first kappa shape index (κ1) is 12.5. The highest BCUT2D eigenvalue weighted by molar-refractivity contribution is 5.44. The summed E-state index contributed by atoms with van der Waals surface area (Å²) in [5, 5.41) is 1.84. The molecule has 0 saturated heterocycles. The highest BCUT2D eigenvalue weighted by atomic mass is 16.7. The summed E-state index contributed by atoms with van der Waals surface area (Å²) in [5.41, 5.74) is 3.10. The Balaban J connectivity index is 2.71. The maximum absolute atomic E-state index is 5.67. The van der Waals surface area contributed by atoms with Crippen molar-refractivity contribution in [1.82, 2.24) is 0 Å². The van der Waals surface area contributed by atoms with Gasteiger partial charge in [0.25, 0.3) is 0 Å². The normalized spacial score (nSPS) is 9.88. The largest absolute Gasteiger partial charge is 0.269 e. The minimum atomic E-state index is 0.530. The molecule has 0 aliphatic rings. The Morgan fingerprint density at radius 3 is 2.25 bits per heavy atom. The Kier molecular flexibility index (Phi) is 4.80. The Morgan fingerprint density at radius 2 is 1.75 bits per heavy atom. The van der Waals surface area contributed by atoms with E-state index in [0.717, 1.165) is 16.8 Å². The predicted molar refractivity (Wildman–Crippen MR) is 69.4 cm³/mol. The van der Waals surface area contributed by atoms with Crippen molar-refractivity contribution < 1.29 is 4.84 Å². The van der Waals surface area contributed by atoms with Gasteiger partial charge in [-0.05, 0) is 26.0 Å². The van der Waals surface area contributed by atoms with Crippen molar-refractivity contribution in [2.24, 2.45) is 0 Å². The van der Waals surface area contributed by atoms with Gasteiger partial charge in [-0.25, -0.2) is 5.06 Å². The van der Waals surface area contributed by atoms with E-state index in [4.69, 9.17) is 4.84 Å². The number of para-hydroxylation sites is 1. The maximum atomic E-state index is 5.67. The average molecular weight is 217 g/mol. The van der Waals surface area contributed by atoms with Crippen molar-refractivity contribution in [1.29, 1.82) is 0 Å². The van der Waals surface area contributed by atoms with Gasteiger partial charge in [0.05, 0.1) is 18.8 Å². The fourth-order valence-electron chi connectivity index (χ4n) is 1.24. The van der Waals surface area contributed by atoms with E-state index < -0.39 is 0 Å². The van der Waals surface area contributed by atoms with Crippen LogP contribution >= 0.6 is 0 Å². The second kappa shape index (κ2) is 6.13. The van der Waals surface area contributed by atoms with Gasteiger partial charge in [-0.3, -0.25) is 4.84 Å². The molecule has 2 heteroatoms. The van der Waals surface area contributed by atoms with Crippen molar-refractivity contribution in [2.45, 2.75) is 13.8 Å². The number of hydrogen-bond donors (Lipinski definition) is 0. The lowest BCUT2D eigenvalue weighted by atomic mass is 10.3. The van der Waals surface area contributed by atoms with Crippen molar-refractivity contribution in [2.75, 3.05) is 18.2 Å². The molecule has 0 N–H and O–H groups in total. The standard InChI is InChI=1S/C14H19NO/c1-12(2)10-15(16-11-13(3)4)14-8-6-5-7-9-14/h5-9H,1,3,10-11H2,2,4H3. The molecule has 0 bridgehead atoms. The molecule has 2 nitrogen and oxygen atoms in total. The molecule has 0 aliphatic carbocycles. The van der Waals surface area contributed by atoms with E-state index in [2.05, 4.69) is 13.2 Å². The molecule has 0 aliphatic heterocycles. The van der Waals surface area contributed by atoms with E-state index in [1.807, 2.05) is 49.2 Å². The maximum Gasteiger partial charge on any atom is 0.0954 e. The number of rotatable bonds is 6. The third-order valence-corrected chi connectivity index (χ3v) is 1.92. The number of benzene rings is 1. The third-order valence-electron chi connectivity index (χ3n) is 1.92. The Morgan fingerprint density at radius 1 is 1.12 bits per heavy atom. The highest BCUT2D eigenvalue weighted by Crippen LogP contribution is 2.15. The number of hydroxylamine groups is 1. The average Bonchev–Trinajstić information content (AvgIpc) is 2.25. The van der Waals surface area contributed by atoms with Crippen molar-refractivity contribution >= 4 is 5.69 Å². The molecule has 0 amide bonds. The van der Waals surface area contributed by atoms with E-state index in [1.165, 1.54) is 0 Å². The molecule has 1 aromatic rings. The summed E-state index contributed by atoms with van der Waals surface area (Å²) in [6.07, 6.45) is 0. The molecule has 86 valence electrons. The molecule has 0 radical (unpaired) electrons. The van der Waals surface area contributed by atoms with Gasteiger partial charge in [0.15, 0.2) is 0 Å². The highest BCUT2D eigenvalue weighted by Gasteiger charge is 2.06. The van der Waals surface area contributed by atoms with Gasteiger partial charge in [-0.2, -0.15) is 0 Å². The van der Waals surface area contributed by atoms with Crippen molar-refractivity contribution in [3.8, 4) is 0 Å². The lowest BCUT2D eigenvalue weighted by molar-refractivity contribution is 0.133. The van der Waals surface area contributed by atoms with Crippen LogP contribution in [0.5, 0.6) is 0 Å². The van der Waals surface area contributed by atoms with Crippen molar-refractivity contribution in [3.05, 3.63) is 54.6 Å². The first-order valence-electron chi connectivity index (χ1n) is 5.34. The molecule has 0 unspecified atom stereocenters. The quantitative estimate of drug-likeness (QED) is 0.533. The molecule has 0 aromatic heterocycles. The molecule has 0 spiro atoms. The van der Waals surface area contributed by atoms with Crippen LogP contribution in [-0.4, -0.2) is 13.2 Å². The van der Waals surface area contributed by atoms with Gasteiger partial charge in [-0.15, -0.1) is 0 Å². The summed E-state index contributed by atoms with van der Waals surface area (Å²) in [6, 6.07) is 10.00. The van der Waals surface area contributed by atoms with Crippen LogP contribution in [0.15, 0.2) is 54.6 Å². The summed E-state index contributed by atoms with van der Waals surface area (Å²) in [4.78, 5) is 5.67. The minimum Gasteiger partial charge on any atom is -0.269 e. The van der Waals surface area contributed by atoms with E-state index >= 15 is 0 Å². The van der Waals surface area contributed by atoms with Crippen LogP contribution in [0.3, 0.4) is 0 Å². The van der Waals surface area contributed by atoms with Crippen LogP contribution in [0.1, 0.15) is 13.8 Å². The first-order chi connectivity index (χ1) is 7.59. The minimum absolute atomic E-state index is 0.530. The van der Waals surface area contributed by atoms with Crippen molar-refractivity contribution in [3.63, 3.8) is 0 Å². The molecule has 0 saturated carbocycles. The Hall–Kier alpha value is -1.54. The lowest BCUT2D eigenvalue weighted by Gasteiger charge is -2.24. The summed E-state index contributed by atoms with van der Waals surface area (Å²) in [5.74, 6) is 0. The van der Waals surface area contributed by atoms with Crippen LogP contribution in [0.2, 0.25) is 0 Å². The van der Waals surface area contributed by atoms with E-state index in [0.29, 0.717) is 13.2 Å². The second-order valence-corrected chi connectivity index (χ2v) is 4.06. The van der Waals surface area contributed by atoms with E-state index in [1.54, 1.807) is 0 Å². The zero-order valence-corrected chi connectivity index (χ0v) is 10.1. The molecule has 0 atom stereocenters. The lowest BCUT2D eigenvalue weighted by Crippen LogP contribution is -2.26. The Bertz CT molecular complexity index is 356. The first-order valence-corrected chi connectivity index (χ1v) is 5.34. The summed E-state index contributed by atoms with van der Waals surface area (Å²) >= 11 is 0. The zero-order valence-electron chi connectivity index (χ0n) is 10.1. The third kappa shape index (κ3) is 4.32. The fourth-order valence-corrected chi connectivity index (χ4v) is 1.24. The molecular formula is C14H19NO. The van der Waals surface area contributed by atoms with Gasteiger partial charge in [0.2, 0.25) is 0 Å². The van der Waals surface area contributed by atoms with E-state index in [-0.39, 0.29) is 0 Å². The molecule has 0 fully saturated rings. The molecule has 1 rings (SSSR count). The summed E-state index contributed by atoms with van der Waals surface area (Å²) in [7, 11) is 0. The zero-order chi connectivity index (χ0) is 12.0. The molecule has 0 heterocycles. The smallest absolute Gasteiger partial charge is 0.0954 e. The number of anilines is 1. The second-order valence-electron chi connectivity index (χ2n) is 4.06. The monoisotopic (exact) mass is 217 g/mol. The predicted octanol–water partition coefficient (Wildman–Crippen LogP) is 3.58. The topological polar surface area (TPSA) is 12.5 Å². The van der Waals surface area contributed by atoms with E-state index in [9.17, 15) is 0 Å². The van der Waals surface area contributed by atoms with Crippen LogP contribution in [-0.2, 0) is 4.84 Å². The van der Waals surface area contributed by atoms with Crippen LogP contribution in [0, 0.1) is 0 Å². The van der Waals surface area contributed by atoms with Gasteiger partial charge >= 0.3 is 0 Å². The number of nitrogens with zero attached hydrogens (tertiary/aromatic N) is 1. The van der Waals surface area contributed by atoms with Gasteiger partial charge < -0.3 is 0 Å². The molecule has 1 aromatic carbocycles. The van der Waals surface area contributed by atoms with Gasteiger partial charge in [-0.1, -0.05) is 42.5 Å². The van der Waals surface area contributed by atoms with Gasteiger partial charge in [0, 0.05) is 0 Å². The summed E-state index contributed by atoms with van der Waals surface area (Å²) in [6.45, 7) is 12.9. The van der Waals surface area contributed by atoms with Crippen LogP contribution in [0.4, 0.5) is 5.69 Å². The van der Waals surface area contributed by atoms with Crippen LogP contribution < -0.4 is 5.06 Å². The SMILES string of the molecule is C=C(C)CON(CC(=C)C)c1ccccc1. The van der Waals surface area contributed by atoms with Crippen LogP contribution in [0.25, 0.3) is 0 Å². The Labute approximate surface area is 97.8 Å². The summed E-state index contributed by atoms with van der Waals surface area (Å²) < 4.78 is 0. The number of hydrogen-bond acceptors (Lipinski definition) is 2.